The summed E-state index contributed by atoms with van der Waals surface area (Å²) in [5.74, 6) is -0.158. The van der Waals surface area contributed by atoms with Crippen molar-refractivity contribution in [3.8, 4) is 0 Å². The molecular weight excluding hydrogens is 436 g/mol. The average Bonchev–Trinajstić information content (AvgIpc) is 3.35. The van der Waals surface area contributed by atoms with Gasteiger partial charge in [0.1, 0.15) is 0 Å². The first-order chi connectivity index (χ1) is 16.7. The Kier molecular flexibility index (Phi) is 9.47. The molecule has 190 valence electrons. The number of aryl methyl sites for hydroxylation is 2. The Balaban J connectivity index is 1.89. The second-order valence-electron chi connectivity index (χ2n) is 10.2. The van der Waals surface area contributed by atoms with Crippen molar-refractivity contribution in [3.63, 3.8) is 0 Å². The highest BCUT2D eigenvalue weighted by Gasteiger charge is 2.22. The van der Waals surface area contributed by atoms with Gasteiger partial charge in [0.05, 0.1) is 0 Å². The number of nitrogens with zero attached hydrogens (tertiary/aromatic N) is 2. The zero-order valence-electron chi connectivity index (χ0n) is 22.2. The van der Waals surface area contributed by atoms with Gasteiger partial charge in [-0.3, -0.25) is 14.5 Å². The quantitative estimate of drug-likeness (QED) is 0.413. The maximum absolute atomic E-state index is 13.5. The third kappa shape index (κ3) is 7.15. The van der Waals surface area contributed by atoms with Crippen LogP contribution in [-0.4, -0.2) is 60.5 Å². The van der Waals surface area contributed by atoms with Gasteiger partial charge < -0.3 is 15.2 Å². The molecule has 0 saturated heterocycles. The van der Waals surface area contributed by atoms with Crippen LogP contribution < -0.4 is 10.9 Å². The summed E-state index contributed by atoms with van der Waals surface area (Å²) in [6.07, 6.45) is 12.0. The molecule has 1 aromatic rings. The largest absolute Gasteiger partial charge is 0.348 e. The molecule has 2 N–H and O–H groups in total. The van der Waals surface area contributed by atoms with Crippen LogP contribution in [0, 0.1) is 13.8 Å². The van der Waals surface area contributed by atoms with E-state index in [1.165, 1.54) is 31.3 Å². The Hall–Kier alpha value is -2.70. The zero-order valence-corrected chi connectivity index (χ0v) is 22.2. The lowest BCUT2D eigenvalue weighted by atomic mass is 9.95. The van der Waals surface area contributed by atoms with Crippen LogP contribution in [0.4, 0.5) is 0 Å². The summed E-state index contributed by atoms with van der Waals surface area (Å²) in [6.45, 7) is 12.7. The number of likely N-dealkylation sites (N-methyl/N-ethyl adjacent to an activating group) is 2. The van der Waals surface area contributed by atoms with E-state index < -0.39 is 0 Å². The highest BCUT2D eigenvalue weighted by molar-refractivity contribution is 5.97. The Morgan fingerprint density at radius 1 is 1.31 bits per heavy atom. The predicted molar refractivity (Wildman–Crippen MR) is 144 cm³/mol. The van der Waals surface area contributed by atoms with E-state index in [0.29, 0.717) is 17.2 Å². The molecule has 0 bridgehead atoms. The molecule has 1 amide bonds. The van der Waals surface area contributed by atoms with E-state index in [0.717, 1.165) is 48.5 Å². The lowest BCUT2D eigenvalue weighted by Crippen LogP contribution is -2.33. The Labute approximate surface area is 210 Å². The van der Waals surface area contributed by atoms with Gasteiger partial charge in [-0.2, -0.15) is 0 Å². The van der Waals surface area contributed by atoms with E-state index in [-0.39, 0.29) is 18.0 Å². The second-order valence-corrected chi connectivity index (χ2v) is 10.2. The molecule has 1 aliphatic heterocycles. The minimum absolute atomic E-state index is 0.148. The number of pyridine rings is 1. The minimum Gasteiger partial charge on any atom is -0.348 e. The number of aromatic amines is 1. The number of carbonyl (C=O) groups is 1. The standard InChI is InChI=1S/C29H42N4O2/c1-7-23(24-12-14-32(5)15-13-24)17-26(21(3)19-33(6)25-10-8-9-11-25)28(34)30-18-27-20(2)16-22(4)31-29(27)35/h7,12,16-17,25H,1,8-11,13-15,18-19H2,2-6H3,(H,30,34)(H,31,35)/b23-17+,26-21+. The molecule has 0 aromatic carbocycles. The number of hydrogen-bond acceptors (Lipinski definition) is 4. The molecule has 0 unspecified atom stereocenters. The van der Waals surface area contributed by atoms with E-state index in [2.05, 4.69) is 46.9 Å². The minimum atomic E-state index is -0.158. The number of aromatic nitrogens is 1. The van der Waals surface area contributed by atoms with Crippen molar-refractivity contribution >= 4 is 5.91 Å². The van der Waals surface area contributed by atoms with Crippen LogP contribution in [0.5, 0.6) is 0 Å². The Morgan fingerprint density at radius 2 is 2.03 bits per heavy atom. The van der Waals surface area contributed by atoms with E-state index in [1.807, 2.05) is 39.0 Å². The molecule has 2 aliphatic rings. The third-order valence-electron chi connectivity index (χ3n) is 7.36. The first-order valence-corrected chi connectivity index (χ1v) is 12.8. The summed E-state index contributed by atoms with van der Waals surface area (Å²) in [5, 5.41) is 3.02. The zero-order chi connectivity index (χ0) is 25.5. The fraction of sp³-hybridized carbons (Fsp3) is 0.517. The smallest absolute Gasteiger partial charge is 0.253 e. The van der Waals surface area contributed by atoms with Gasteiger partial charge in [0.2, 0.25) is 0 Å². The van der Waals surface area contributed by atoms with E-state index in [4.69, 9.17) is 0 Å². The number of H-pyrrole nitrogens is 1. The van der Waals surface area contributed by atoms with Crippen molar-refractivity contribution < 1.29 is 4.79 Å². The van der Waals surface area contributed by atoms with E-state index in [1.54, 1.807) is 0 Å². The van der Waals surface area contributed by atoms with Crippen LogP contribution in [0.2, 0.25) is 0 Å². The van der Waals surface area contributed by atoms with Gasteiger partial charge in [0.15, 0.2) is 0 Å². The van der Waals surface area contributed by atoms with Gasteiger partial charge in [0, 0.05) is 49.1 Å². The first kappa shape index (κ1) is 26.9. The predicted octanol–water partition coefficient (Wildman–Crippen LogP) is 4.17. The first-order valence-electron chi connectivity index (χ1n) is 12.8. The lowest BCUT2D eigenvalue weighted by molar-refractivity contribution is -0.117. The molecule has 6 heteroatoms. The monoisotopic (exact) mass is 478 g/mol. The van der Waals surface area contributed by atoms with Crippen LogP contribution >= 0.6 is 0 Å². The third-order valence-corrected chi connectivity index (χ3v) is 7.36. The van der Waals surface area contributed by atoms with Gasteiger partial charge >= 0.3 is 0 Å². The lowest BCUT2D eigenvalue weighted by Gasteiger charge is -2.25. The summed E-state index contributed by atoms with van der Waals surface area (Å²) in [6, 6.07) is 2.51. The van der Waals surface area contributed by atoms with Crippen molar-refractivity contribution in [2.45, 2.75) is 65.5 Å². The summed E-state index contributed by atoms with van der Waals surface area (Å²) in [7, 11) is 4.27. The molecule has 6 nitrogen and oxygen atoms in total. The molecule has 0 radical (unpaired) electrons. The van der Waals surface area contributed by atoms with Gasteiger partial charge in [-0.05, 0) is 88.6 Å². The summed E-state index contributed by atoms with van der Waals surface area (Å²) < 4.78 is 0. The van der Waals surface area contributed by atoms with Gasteiger partial charge in [-0.15, -0.1) is 0 Å². The van der Waals surface area contributed by atoms with Crippen LogP contribution in [0.15, 0.2) is 58.0 Å². The van der Waals surface area contributed by atoms with E-state index >= 15 is 0 Å². The fourth-order valence-electron chi connectivity index (χ4n) is 5.15. The Bertz CT molecular complexity index is 1090. The van der Waals surface area contributed by atoms with Gasteiger partial charge in [-0.1, -0.05) is 31.6 Å². The van der Waals surface area contributed by atoms with Crippen LogP contribution in [0.25, 0.3) is 0 Å². The molecule has 1 saturated carbocycles. The highest BCUT2D eigenvalue weighted by Crippen LogP contribution is 2.25. The van der Waals surface area contributed by atoms with Crippen LogP contribution in [-0.2, 0) is 11.3 Å². The number of nitrogens with one attached hydrogen (secondary N) is 2. The van der Waals surface area contributed by atoms with Crippen molar-refractivity contribution in [1.82, 2.24) is 20.1 Å². The number of allylic oxidation sites excluding steroid dienone is 2. The molecule has 3 rings (SSSR count). The van der Waals surface area contributed by atoms with Crippen LogP contribution in [0.1, 0.15) is 55.8 Å². The maximum Gasteiger partial charge on any atom is 0.253 e. The van der Waals surface area contributed by atoms with E-state index in [9.17, 15) is 9.59 Å². The molecule has 1 aliphatic carbocycles. The Morgan fingerprint density at radius 3 is 2.63 bits per heavy atom. The van der Waals surface area contributed by atoms with Crippen LogP contribution in [0.3, 0.4) is 0 Å². The summed E-state index contributed by atoms with van der Waals surface area (Å²) >= 11 is 0. The molecule has 0 atom stereocenters. The number of hydrogen-bond donors (Lipinski definition) is 2. The normalized spacial score (nSPS) is 18.5. The molecule has 35 heavy (non-hydrogen) atoms. The van der Waals surface area contributed by atoms with Crippen molar-refractivity contribution in [3.05, 3.63) is 80.3 Å². The molecular formula is C29H42N4O2. The van der Waals surface area contributed by atoms with Gasteiger partial charge in [-0.25, -0.2) is 0 Å². The number of rotatable bonds is 9. The summed E-state index contributed by atoms with van der Waals surface area (Å²) in [4.78, 5) is 33.5. The van der Waals surface area contributed by atoms with Crippen molar-refractivity contribution in [2.24, 2.45) is 0 Å². The maximum atomic E-state index is 13.5. The molecule has 1 fully saturated rings. The topological polar surface area (TPSA) is 68.4 Å². The van der Waals surface area contributed by atoms with Crippen molar-refractivity contribution in [2.75, 3.05) is 33.7 Å². The highest BCUT2D eigenvalue weighted by atomic mass is 16.2. The summed E-state index contributed by atoms with van der Waals surface area (Å²) in [5.41, 5.74) is 6.05. The number of carbonyl (C=O) groups excluding carboxylic acids is 1. The fourth-order valence-corrected chi connectivity index (χ4v) is 5.15. The number of amides is 1. The molecule has 2 heterocycles. The van der Waals surface area contributed by atoms with Crippen molar-refractivity contribution in [1.29, 1.82) is 0 Å². The SMILES string of the molecule is C=C/C(=C\C(C(=O)NCc1c(C)cc(C)[nH]c1=O)=C(\C)CN(C)C1CCCC1)C1=CCN(C)CC1. The molecule has 0 spiro atoms. The molecule has 1 aromatic heterocycles. The van der Waals surface area contributed by atoms with Gasteiger partial charge in [0.25, 0.3) is 11.5 Å². The average molecular weight is 479 g/mol. The second kappa shape index (κ2) is 12.3.